The number of guanidine groups is 2. The minimum absolute atomic E-state index is 0.00355. The van der Waals surface area contributed by atoms with Gasteiger partial charge in [0.1, 0.15) is 43.7 Å². The van der Waals surface area contributed by atoms with Crippen LogP contribution in [0.15, 0.2) is 33.7 Å². The lowest BCUT2D eigenvalue weighted by Gasteiger charge is -2.40. The minimum atomic E-state index is -1.73. The quantitative estimate of drug-likeness (QED) is 0.0156. The lowest BCUT2D eigenvalue weighted by Crippen LogP contribution is -2.60. The summed E-state index contributed by atoms with van der Waals surface area (Å²) in [5, 5.41) is 67.9. The van der Waals surface area contributed by atoms with Gasteiger partial charge in [-0.25, -0.2) is 19.6 Å². The Morgan fingerprint density at radius 2 is 1.04 bits per heavy atom. The molecule has 0 saturated carbocycles. The molecule has 4 amide bonds. The molecule has 2 rings (SSSR count). The van der Waals surface area contributed by atoms with Crippen molar-refractivity contribution in [1.29, 1.82) is 0 Å². The average molecular weight is 1220 g/mol. The molecule has 0 spiro atoms. The number of aliphatic hydroxyl groups excluding tert-OH is 4. The molecule has 0 aromatic carbocycles. The highest BCUT2D eigenvalue weighted by molar-refractivity contribution is 5.90. The number of carbonyl (C=O) groups is 8. The fraction of sp³-hybridized carbons (Fsp3) is 0.736. The monoisotopic (exact) mass is 1220 g/mol. The van der Waals surface area contributed by atoms with E-state index in [0.717, 1.165) is 19.4 Å². The zero-order valence-corrected chi connectivity index (χ0v) is 48.7. The maximum Gasteiger partial charge on any atom is 0.370 e. The Hall–Kier alpha value is -6.62. The molecule has 0 aromatic rings. The normalized spacial score (nSPS) is 19.7. The summed E-state index contributed by atoms with van der Waals surface area (Å²) in [5.41, 5.74) is 22.1. The first kappa shape index (κ1) is 74.5. The van der Waals surface area contributed by atoms with Crippen LogP contribution in [0.5, 0.6) is 0 Å². The van der Waals surface area contributed by atoms with Crippen molar-refractivity contribution in [2.45, 2.75) is 140 Å². The van der Waals surface area contributed by atoms with Gasteiger partial charge >= 0.3 is 11.9 Å². The molecule has 0 unspecified atom stereocenters. The number of carboxylic acid groups (broad SMARTS) is 2. The molecule has 2 aliphatic heterocycles. The van der Waals surface area contributed by atoms with Crippen molar-refractivity contribution in [3.63, 3.8) is 0 Å². The first-order valence-corrected chi connectivity index (χ1v) is 28.2. The van der Waals surface area contributed by atoms with Crippen molar-refractivity contribution < 1.29 is 107 Å². The van der Waals surface area contributed by atoms with Gasteiger partial charge in [-0.1, -0.05) is 26.7 Å². The number of aliphatic imine (C=N–C) groups is 2. The molecule has 2 heterocycles. The third-order valence-corrected chi connectivity index (χ3v) is 12.9. The second-order valence-corrected chi connectivity index (χ2v) is 19.9. The number of ether oxygens (including phenoxy) is 8. The highest BCUT2D eigenvalue weighted by Gasteiger charge is 2.46. The van der Waals surface area contributed by atoms with Gasteiger partial charge in [-0.15, -0.1) is 0 Å². The predicted octanol–water partition coefficient (Wildman–Crippen LogP) is -4.19. The molecule has 0 saturated heterocycles. The second-order valence-electron chi connectivity index (χ2n) is 19.9. The summed E-state index contributed by atoms with van der Waals surface area (Å²) in [5.74, 6) is -8.55. The molecule has 0 aliphatic carbocycles. The van der Waals surface area contributed by atoms with E-state index in [9.17, 15) is 69.0 Å². The number of Topliss-reactive ketones (excluding diaryl/α,β-unsaturated/α-hetero) is 2. The molecule has 0 radical (unpaired) electrons. The van der Waals surface area contributed by atoms with Gasteiger partial charge in [0, 0.05) is 45.4 Å². The smallest absolute Gasteiger partial charge is 0.370 e. The first-order valence-electron chi connectivity index (χ1n) is 28.2. The molecular weight excluding hydrogens is 1130 g/mol. The number of carboxylic acids is 2. The number of nitrogens with one attached hydrogen (secondary N) is 3. The van der Waals surface area contributed by atoms with E-state index in [1.165, 1.54) is 11.0 Å². The predicted molar refractivity (Wildman–Crippen MR) is 301 cm³/mol. The lowest BCUT2D eigenvalue weighted by atomic mass is 9.87. The number of amides is 4. The maximum atomic E-state index is 13.4. The Bertz CT molecular complexity index is 2210. The Balaban J connectivity index is 1.92. The van der Waals surface area contributed by atoms with Crippen LogP contribution in [0.4, 0.5) is 0 Å². The summed E-state index contributed by atoms with van der Waals surface area (Å²) in [6.45, 7) is 4.10. The van der Waals surface area contributed by atoms with E-state index < -0.39 is 140 Å². The highest BCUT2D eigenvalue weighted by atomic mass is 16.6. The molecule has 10 atom stereocenters. The third-order valence-electron chi connectivity index (χ3n) is 12.9. The van der Waals surface area contributed by atoms with E-state index in [-0.39, 0.29) is 82.8 Å². The Morgan fingerprint density at radius 1 is 0.612 bits per heavy atom. The zero-order valence-electron chi connectivity index (χ0n) is 48.7. The van der Waals surface area contributed by atoms with Gasteiger partial charge in [-0.2, -0.15) is 0 Å². The summed E-state index contributed by atoms with van der Waals surface area (Å²) in [4.78, 5) is 111. The Kier molecular flexibility index (Phi) is 37.0. The van der Waals surface area contributed by atoms with Gasteiger partial charge in [-0.3, -0.25) is 28.8 Å². The standard InChI is InChI=1S/C53H90N10O22/c1-4-16-78-18-20-80-22-23-81-21-19-79-17-13-44(73)63(26-34(67)11-7-5-9-14-58-42(71)30-82-47(38(69)28-64)46-32(2)36(61-52(54)55)24-40(84-46)50(74)75)27-35(68)12-8-6-10-15-59-43(72)31-83-48(39(70)29-65)49-45(60-33(3)66)37(62-53(56)57)25-41(85-49)51(76)77/h24-25,32,36-39,45-49,64-65,69-70H,4-23,26-31H2,1-3H3,(H,58,71)(H,59,72)(H,60,66)(H,74,75)(H,76,77)(H4,54,55,61)(H4,56,57,62)/t32-,36+,37+,38-,39-,45-,46-,47-,48-,49-/m1/s1. The van der Waals surface area contributed by atoms with E-state index in [1.54, 1.807) is 6.92 Å². The zero-order chi connectivity index (χ0) is 63.3. The molecule has 484 valence electrons. The van der Waals surface area contributed by atoms with E-state index in [0.29, 0.717) is 71.6 Å². The van der Waals surface area contributed by atoms with Gasteiger partial charge in [0.2, 0.25) is 35.1 Å². The molecule has 0 aromatic heterocycles. The van der Waals surface area contributed by atoms with E-state index in [4.69, 9.17) is 60.8 Å². The molecule has 0 bridgehead atoms. The highest BCUT2D eigenvalue weighted by Crippen LogP contribution is 2.31. The molecule has 2 aliphatic rings. The van der Waals surface area contributed by atoms with E-state index in [2.05, 4.69) is 25.9 Å². The van der Waals surface area contributed by atoms with Crippen LogP contribution < -0.4 is 38.9 Å². The number of nitrogens with zero attached hydrogens (tertiary/aromatic N) is 3. The van der Waals surface area contributed by atoms with Gasteiger partial charge in [-0.05, 0) is 44.3 Å². The summed E-state index contributed by atoms with van der Waals surface area (Å²) in [7, 11) is 0. The van der Waals surface area contributed by atoms with Crippen molar-refractivity contribution in [1.82, 2.24) is 20.9 Å². The molecule has 32 heteroatoms. The fourth-order valence-electron chi connectivity index (χ4n) is 8.65. The van der Waals surface area contributed by atoms with Crippen molar-refractivity contribution in [2.24, 2.45) is 38.8 Å². The average Bonchev–Trinajstić information content (AvgIpc) is 3.15. The van der Waals surface area contributed by atoms with Crippen LogP contribution in [0.1, 0.15) is 85.0 Å². The van der Waals surface area contributed by atoms with Crippen LogP contribution in [0, 0.1) is 5.92 Å². The number of unbranched alkanes of at least 4 members (excludes halogenated alkanes) is 4. The maximum absolute atomic E-state index is 13.4. The van der Waals surface area contributed by atoms with Gasteiger partial charge in [0.15, 0.2) is 29.6 Å². The number of nitrogens with two attached hydrogens (primary N) is 4. The molecular formula is C53H90N10O22. The largest absolute Gasteiger partial charge is 0.480 e. The summed E-state index contributed by atoms with van der Waals surface area (Å²) >= 11 is 0. The summed E-state index contributed by atoms with van der Waals surface area (Å²) in [6, 6.07) is -3.30. The number of hydrogen-bond donors (Lipinski definition) is 13. The van der Waals surface area contributed by atoms with Crippen LogP contribution in [0.3, 0.4) is 0 Å². The van der Waals surface area contributed by atoms with Crippen LogP contribution in [-0.2, 0) is 76.3 Å². The van der Waals surface area contributed by atoms with Crippen molar-refractivity contribution in [3.05, 3.63) is 23.7 Å². The van der Waals surface area contributed by atoms with Gasteiger partial charge < -0.3 is 112 Å². The minimum Gasteiger partial charge on any atom is -0.480 e. The van der Waals surface area contributed by atoms with E-state index >= 15 is 0 Å². The number of hydrogen-bond acceptors (Lipinski definition) is 22. The fourth-order valence-corrected chi connectivity index (χ4v) is 8.65. The van der Waals surface area contributed by atoms with Crippen LogP contribution in [-0.4, -0.2) is 255 Å². The Morgan fingerprint density at radius 3 is 1.47 bits per heavy atom. The molecule has 85 heavy (non-hydrogen) atoms. The summed E-state index contributed by atoms with van der Waals surface area (Å²) < 4.78 is 44.3. The van der Waals surface area contributed by atoms with Crippen LogP contribution >= 0.6 is 0 Å². The summed E-state index contributed by atoms with van der Waals surface area (Å²) in [6.07, 6.45) is -3.31. The first-order chi connectivity index (χ1) is 40.5. The number of ketones is 2. The number of rotatable bonds is 47. The van der Waals surface area contributed by atoms with Crippen molar-refractivity contribution in [2.75, 3.05) is 105 Å². The van der Waals surface area contributed by atoms with Crippen molar-refractivity contribution in [3.8, 4) is 0 Å². The lowest BCUT2D eigenvalue weighted by molar-refractivity contribution is -0.160. The van der Waals surface area contributed by atoms with Crippen LogP contribution in [0.25, 0.3) is 0 Å². The number of carbonyl (C=O) groups excluding carboxylic acids is 6. The number of aliphatic hydroxyl groups is 4. The van der Waals surface area contributed by atoms with Crippen molar-refractivity contribution >= 4 is 59.1 Å². The third kappa shape index (κ3) is 30.3. The SMILES string of the molecule is CCCOCCOCCOCCOCCC(=O)N(CC(=O)CCCCCNC(=O)CO[C@@H]([C@@H]1OC(C(=O)O)=C[C@H](N=C(N)N)[C@H]1C)[C@H](O)CO)CC(=O)CCCCCNC(=O)CO[C@@H]([C@@H]1OC(C(=O)O)=C[C@H](N=C(N)N)[C@H]1NC(C)=O)[C@H](O)CO. The molecule has 17 N–H and O–H groups in total. The topological polar surface area (TPSA) is 500 Å². The second kappa shape index (κ2) is 42.2. The molecule has 0 fully saturated rings. The van der Waals surface area contributed by atoms with Gasteiger partial charge in [0.25, 0.3) is 0 Å². The van der Waals surface area contributed by atoms with Crippen LogP contribution in [0.2, 0.25) is 0 Å². The van der Waals surface area contributed by atoms with E-state index in [1.807, 2.05) is 6.92 Å². The molecule has 32 nitrogen and oxygen atoms in total. The Labute approximate surface area is 493 Å². The number of aliphatic carboxylic acids is 2. The van der Waals surface area contributed by atoms with Gasteiger partial charge in [0.05, 0.1) is 97.1 Å².